The van der Waals surface area contributed by atoms with Crippen LogP contribution in [0.15, 0.2) is 0 Å². The Hall–Kier alpha value is 10.6. The Morgan fingerprint density at radius 2 is 0.154 bits per heavy atom. The summed E-state index contributed by atoms with van der Waals surface area (Å²) < 4.78 is 0. The molecule has 0 bridgehead atoms. The minimum absolute atomic E-state index is 0. The predicted octanol–water partition coefficient (Wildman–Crippen LogP) is -2.68. The van der Waals surface area contributed by atoms with Crippen LogP contribution in [0.3, 0.4) is 0 Å². The topological polar surface area (TPSA) is 0 Å². The number of hydrogen-bond acceptors (Lipinski definition) is 0. The van der Waals surface area contributed by atoms with E-state index in [0.717, 1.165) is 0 Å². The molecule has 0 saturated heterocycles. The van der Waals surface area contributed by atoms with Crippen molar-refractivity contribution in [3.63, 3.8) is 0 Å². The smallest absolute Gasteiger partial charge is 0 e. The van der Waals surface area contributed by atoms with Crippen molar-refractivity contribution < 1.29 is 126 Å². The van der Waals surface area contributed by atoms with Gasteiger partial charge in [0.1, 0.15) is 0 Å². The fourth-order valence-electron chi connectivity index (χ4n) is 0. The maximum absolute atomic E-state index is 0. The molecule has 64 valence electrons. The van der Waals surface area contributed by atoms with Crippen molar-refractivity contribution in [1.82, 2.24) is 0 Å². The van der Waals surface area contributed by atoms with Crippen LogP contribution in [0.25, 0.3) is 0 Å². The molecule has 0 fully saturated rings. The average Bonchev–Trinajstić information content (AvgIpc) is 0. The molecule has 0 spiro atoms. The van der Waals surface area contributed by atoms with Crippen molar-refractivity contribution >= 4 is 191 Å². The van der Waals surface area contributed by atoms with Crippen LogP contribution in [-0.4, -0.2) is 191 Å². The molecule has 0 N–H and O–H groups in total. The van der Waals surface area contributed by atoms with E-state index in [-0.39, 0.29) is 317 Å². The van der Waals surface area contributed by atoms with E-state index in [9.17, 15) is 0 Å². The first kappa shape index (κ1) is 107. The second-order valence-corrected chi connectivity index (χ2v) is 0. The van der Waals surface area contributed by atoms with Crippen molar-refractivity contribution in [2.75, 3.05) is 0 Å². The summed E-state index contributed by atoms with van der Waals surface area (Å²) in [4.78, 5) is 0. The van der Waals surface area contributed by atoms with Crippen LogP contribution in [0.4, 0.5) is 0 Å². The van der Waals surface area contributed by atoms with Gasteiger partial charge in [0.15, 0.2) is 0 Å². The molecule has 0 atom stereocenters. The van der Waals surface area contributed by atoms with Crippen molar-refractivity contribution in [2.24, 2.45) is 0 Å². The summed E-state index contributed by atoms with van der Waals surface area (Å²) in [6.07, 6.45) is 0. The van der Waals surface area contributed by atoms with E-state index >= 15 is 0 Å². The number of rotatable bonds is 0. The second-order valence-electron chi connectivity index (χ2n) is 0. The summed E-state index contributed by atoms with van der Waals surface area (Å²) in [5, 5.41) is 0. The molecule has 0 heterocycles. The molecule has 0 nitrogen and oxygen atoms in total. The van der Waals surface area contributed by atoms with E-state index in [0.29, 0.717) is 0 Å². The van der Waals surface area contributed by atoms with E-state index in [1.165, 1.54) is 0 Å². The quantitative estimate of drug-likeness (QED) is 0.233. The summed E-state index contributed by atoms with van der Waals surface area (Å²) in [6.45, 7) is 0. The van der Waals surface area contributed by atoms with E-state index in [1.54, 1.807) is 0 Å². The summed E-state index contributed by atoms with van der Waals surface area (Å²) in [5.74, 6) is 0. The molecule has 0 aromatic carbocycles. The Morgan fingerprint density at radius 3 is 0.154 bits per heavy atom. The minimum atomic E-state index is 0. The molecule has 28 radical (unpaired) electrons. The molecule has 0 aliphatic rings. The van der Waals surface area contributed by atoms with Gasteiger partial charge in [-0.05, 0) is 0 Å². The normalized spacial score (nSPS) is 0. The van der Waals surface area contributed by atoms with Crippen LogP contribution in [0.2, 0.25) is 0 Å². The van der Waals surface area contributed by atoms with Gasteiger partial charge in [-0.3, -0.25) is 0 Å². The predicted molar refractivity (Wildman–Crippen MR) is 40.3 cm³/mol. The summed E-state index contributed by atoms with van der Waals surface area (Å²) in [5.41, 5.74) is 0. The van der Waals surface area contributed by atoms with Crippen molar-refractivity contribution in [2.45, 2.75) is 0 Å². The van der Waals surface area contributed by atoms with Crippen molar-refractivity contribution in [1.29, 1.82) is 0 Å². The Morgan fingerprint density at radius 1 is 0.154 bits per heavy atom. The van der Waals surface area contributed by atoms with E-state index < -0.39 is 0 Å². The molecular weight excluding hydrogens is 2550 g/mol. The van der Waals surface area contributed by atoms with Gasteiger partial charge < -0.3 is 0 Å². The summed E-state index contributed by atoms with van der Waals surface area (Å²) in [7, 11) is 0. The van der Waals surface area contributed by atoms with Crippen LogP contribution in [-0.2, 0) is 126 Å². The molecule has 13 heavy (non-hydrogen) atoms. The third-order valence-electron chi connectivity index (χ3n) is 0. The zero-order chi connectivity index (χ0) is 0. The molecule has 0 amide bonds. The molecule has 13 heteroatoms. The van der Waals surface area contributed by atoms with Gasteiger partial charge in [0.25, 0.3) is 0 Å². The third kappa shape index (κ3) is 85.4. The molecule has 0 saturated carbocycles. The maximum atomic E-state index is 0. The SMILES string of the molecule is [Pb].[Pb].[Pb].[Pb].[Pb].[Pb].[Pb].[W].[W].[W].[W].[W].[W]. The minimum Gasteiger partial charge on any atom is 0 e. The average molecular weight is 2550 g/mol. The van der Waals surface area contributed by atoms with Gasteiger partial charge in [-0.25, -0.2) is 0 Å². The Labute approximate surface area is 308 Å². The summed E-state index contributed by atoms with van der Waals surface area (Å²) in [6, 6.07) is 0. The first-order valence-electron chi connectivity index (χ1n) is 0. The second kappa shape index (κ2) is 93.9. The third-order valence-corrected chi connectivity index (χ3v) is 0. The van der Waals surface area contributed by atoms with Gasteiger partial charge >= 0.3 is 0 Å². The molecule has 0 aromatic heterocycles. The molecule has 0 aromatic rings. The van der Waals surface area contributed by atoms with Crippen molar-refractivity contribution in [3.8, 4) is 0 Å². The van der Waals surface area contributed by atoms with Crippen LogP contribution >= 0.6 is 0 Å². The standard InChI is InChI=1S/7Pb.6W. The van der Waals surface area contributed by atoms with Crippen LogP contribution < -0.4 is 0 Å². The van der Waals surface area contributed by atoms with Gasteiger partial charge in [-0.1, -0.05) is 0 Å². The fourth-order valence-corrected chi connectivity index (χ4v) is 0. The Balaban J connectivity index is 0. The molecule has 0 aliphatic carbocycles. The van der Waals surface area contributed by atoms with Gasteiger partial charge in [0.05, 0.1) is 0 Å². The number of hydrogen-bond donors (Lipinski definition) is 0. The van der Waals surface area contributed by atoms with Crippen molar-refractivity contribution in [3.05, 3.63) is 0 Å². The largest absolute Gasteiger partial charge is 0 e. The summed E-state index contributed by atoms with van der Waals surface area (Å²) >= 11 is 0. The van der Waals surface area contributed by atoms with Gasteiger partial charge in [-0.15, -0.1) is 0 Å². The zero-order valence-electron chi connectivity index (χ0n) is 5.95. The first-order chi connectivity index (χ1) is 0. The molecule has 0 rings (SSSR count). The Kier molecular flexibility index (Phi) is 776. The van der Waals surface area contributed by atoms with Crippen LogP contribution in [0, 0.1) is 0 Å². The van der Waals surface area contributed by atoms with Crippen LogP contribution in [0.1, 0.15) is 0 Å². The Bertz CT molecular complexity index is 12.9. The molecule has 0 aliphatic heterocycles. The zero-order valence-corrected chi connectivity index (χ0v) is 50.8. The van der Waals surface area contributed by atoms with Gasteiger partial charge in [0, 0.05) is 317 Å². The van der Waals surface area contributed by atoms with E-state index in [2.05, 4.69) is 0 Å². The first-order valence-corrected chi connectivity index (χ1v) is 0. The fraction of sp³-hybridized carbons (Fsp3) is 0. The molecule has 0 unspecified atom stereocenters. The monoisotopic (exact) mass is 2560 g/mol. The van der Waals surface area contributed by atoms with E-state index in [4.69, 9.17) is 0 Å². The van der Waals surface area contributed by atoms with Gasteiger partial charge in [0.2, 0.25) is 0 Å². The van der Waals surface area contributed by atoms with Gasteiger partial charge in [-0.2, -0.15) is 0 Å². The maximum Gasteiger partial charge on any atom is 0 e. The molecular formula is Pb7W6. The van der Waals surface area contributed by atoms with E-state index in [1.807, 2.05) is 0 Å². The van der Waals surface area contributed by atoms with Crippen LogP contribution in [0.5, 0.6) is 0 Å².